The van der Waals surface area contributed by atoms with E-state index in [9.17, 15) is 4.79 Å². The monoisotopic (exact) mass is 332 g/mol. The number of anilines is 2. The van der Waals surface area contributed by atoms with Crippen LogP contribution in [0.1, 0.15) is 11.1 Å². The van der Waals surface area contributed by atoms with Crippen molar-refractivity contribution in [2.45, 2.75) is 13.8 Å². The van der Waals surface area contributed by atoms with E-state index in [-0.39, 0.29) is 12.5 Å². The fourth-order valence-corrected chi connectivity index (χ4v) is 2.29. The van der Waals surface area contributed by atoms with E-state index in [1.807, 2.05) is 56.3 Å². The minimum atomic E-state index is -0.0593. The fraction of sp³-hybridized carbons (Fsp3) is 0.188. The Bertz CT molecular complexity index is 608. The number of halogens is 1. The summed E-state index contributed by atoms with van der Waals surface area (Å²) in [6, 6.07) is 13.7. The number of amides is 1. The maximum absolute atomic E-state index is 11.9. The Morgan fingerprint density at radius 1 is 1.10 bits per heavy atom. The lowest BCUT2D eigenvalue weighted by atomic mass is 10.2. The van der Waals surface area contributed by atoms with E-state index in [1.54, 1.807) is 0 Å². The van der Waals surface area contributed by atoms with Crippen molar-refractivity contribution in [2.24, 2.45) is 0 Å². The first-order chi connectivity index (χ1) is 9.54. The van der Waals surface area contributed by atoms with Crippen molar-refractivity contribution in [2.75, 3.05) is 17.2 Å². The summed E-state index contributed by atoms with van der Waals surface area (Å²) < 4.78 is 1.01. The number of hydrogen-bond donors (Lipinski definition) is 2. The topological polar surface area (TPSA) is 41.1 Å². The smallest absolute Gasteiger partial charge is 0.243 e. The lowest BCUT2D eigenvalue weighted by Gasteiger charge is -2.10. The summed E-state index contributed by atoms with van der Waals surface area (Å²) in [7, 11) is 0. The first kappa shape index (κ1) is 14.6. The Labute approximate surface area is 127 Å². The molecule has 0 aliphatic carbocycles. The zero-order valence-electron chi connectivity index (χ0n) is 11.5. The van der Waals surface area contributed by atoms with Crippen molar-refractivity contribution in [3.8, 4) is 0 Å². The molecule has 20 heavy (non-hydrogen) atoms. The van der Waals surface area contributed by atoms with Gasteiger partial charge in [-0.1, -0.05) is 33.6 Å². The Morgan fingerprint density at radius 3 is 2.45 bits per heavy atom. The van der Waals surface area contributed by atoms with Gasteiger partial charge in [-0.05, 0) is 49.7 Å². The minimum absolute atomic E-state index is 0.0593. The van der Waals surface area contributed by atoms with Gasteiger partial charge in [0.2, 0.25) is 5.91 Å². The van der Waals surface area contributed by atoms with Crippen LogP contribution in [-0.2, 0) is 4.79 Å². The van der Waals surface area contributed by atoms with Crippen LogP contribution >= 0.6 is 15.9 Å². The van der Waals surface area contributed by atoms with Crippen molar-refractivity contribution in [3.63, 3.8) is 0 Å². The van der Waals surface area contributed by atoms with E-state index < -0.39 is 0 Å². The van der Waals surface area contributed by atoms with Gasteiger partial charge in [0, 0.05) is 15.8 Å². The maximum atomic E-state index is 11.9. The molecule has 0 aromatic heterocycles. The Hall–Kier alpha value is -1.81. The van der Waals surface area contributed by atoms with Crippen molar-refractivity contribution < 1.29 is 4.79 Å². The van der Waals surface area contributed by atoms with Gasteiger partial charge in [-0.15, -0.1) is 0 Å². The average molecular weight is 333 g/mol. The molecule has 2 N–H and O–H groups in total. The molecule has 0 saturated heterocycles. The average Bonchev–Trinajstić information content (AvgIpc) is 2.41. The molecule has 0 fully saturated rings. The number of carbonyl (C=O) groups excluding carboxylic acids is 1. The molecule has 3 nitrogen and oxygen atoms in total. The molecule has 0 heterocycles. The summed E-state index contributed by atoms with van der Waals surface area (Å²) in [6.07, 6.45) is 0. The number of hydrogen-bond acceptors (Lipinski definition) is 2. The molecule has 2 rings (SSSR count). The second-order valence-corrected chi connectivity index (χ2v) is 5.64. The van der Waals surface area contributed by atoms with Crippen LogP contribution < -0.4 is 10.6 Å². The molecule has 0 radical (unpaired) electrons. The normalized spacial score (nSPS) is 10.2. The summed E-state index contributed by atoms with van der Waals surface area (Å²) in [5.74, 6) is -0.0593. The number of carbonyl (C=O) groups is 1. The largest absolute Gasteiger partial charge is 0.376 e. The second kappa shape index (κ2) is 6.57. The van der Waals surface area contributed by atoms with Crippen molar-refractivity contribution in [1.82, 2.24) is 0 Å². The van der Waals surface area contributed by atoms with Gasteiger partial charge in [-0.3, -0.25) is 4.79 Å². The van der Waals surface area contributed by atoms with Gasteiger partial charge in [0.1, 0.15) is 0 Å². The third kappa shape index (κ3) is 4.10. The first-order valence-corrected chi connectivity index (χ1v) is 7.20. The van der Waals surface area contributed by atoms with Gasteiger partial charge in [0.25, 0.3) is 0 Å². The van der Waals surface area contributed by atoms with E-state index in [0.29, 0.717) is 0 Å². The molecule has 104 valence electrons. The van der Waals surface area contributed by atoms with E-state index in [1.165, 1.54) is 5.56 Å². The summed E-state index contributed by atoms with van der Waals surface area (Å²) in [6.45, 7) is 4.25. The van der Waals surface area contributed by atoms with Crippen LogP contribution in [0.3, 0.4) is 0 Å². The Kier molecular flexibility index (Phi) is 4.79. The summed E-state index contributed by atoms with van der Waals surface area (Å²) in [4.78, 5) is 11.9. The van der Waals surface area contributed by atoms with Gasteiger partial charge < -0.3 is 10.6 Å². The van der Waals surface area contributed by atoms with E-state index in [2.05, 4.69) is 26.6 Å². The van der Waals surface area contributed by atoms with Gasteiger partial charge in [0.15, 0.2) is 0 Å². The van der Waals surface area contributed by atoms with Gasteiger partial charge in [-0.25, -0.2) is 0 Å². The van der Waals surface area contributed by atoms with Crippen LogP contribution in [0.4, 0.5) is 11.4 Å². The predicted octanol–water partition coefficient (Wildman–Crippen LogP) is 4.12. The van der Waals surface area contributed by atoms with Crippen LogP contribution in [0.15, 0.2) is 46.9 Å². The zero-order valence-corrected chi connectivity index (χ0v) is 13.1. The number of benzene rings is 2. The predicted molar refractivity (Wildman–Crippen MR) is 87.2 cm³/mol. The molecule has 0 spiro atoms. The second-order valence-electron chi connectivity index (χ2n) is 4.73. The molecule has 1 amide bonds. The van der Waals surface area contributed by atoms with Crippen LogP contribution in [0, 0.1) is 13.8 Å². The highest BCUT2D eigenvalue weighted by molar-refractivity contribution is 9.10. The lowest BCUT2D eigenvalue weighted by Crippen LogP contribution is -2.22. The van der Waals surface area contributed by atoms with E-state index >= 15 is 0 Å². The van der Waals surface area contributed by atoms with E-state index in [4.69, 9.17) is 0 Å². The molecular weight excluding hydrogens is 316 g/mol. The van der Waals surface area contributed by atoms with E-state index in [0.717, 1.165) is 21.4 Å². The molecule has 2 aromatic carbocycles. The number of rotatable bonds is 4. The van der Waals surface area contributed by atoms with Crippen LogP contribution in [0.5, 0.6) is 0 Å². The molecule has 2 aromatic rings. The molecule has 4 heteroatoms. The zero-order chi connectivity index (χ0) is 14.5. The lowest BCUT2D eigenvalue weighted by molar-refractivity contribution is -0.114. The number of nitrogens with one attached hydrogen (secondary N) is 2. The van der Waals surface area contributed by atoms with Crippen molar-refractivity contribution in [3.05, 3.63) is 58.1 Å². The molecule has 0 saturated carbocycles. The van der Waals surface area contributed by atoms with Crippen molar-refractivity contribution >= 4 is 33.2 Å². The standard InChI is InChI=1S/C16H17BrN2O/c1-11-3-6-14(7-4-11)18-10-16(20)19-15-8-5-13(17)9-12(15)2/h3-9,18H,10H2,1-2H3,(H,19,20). The SMILES string of the molecule is Cc1ccc(NCC(=O)Nc2ccc(Br)cc2C)cc1. The summed E-state index contributed by atoms with van der Waals surface area (Å²) >= 11 is 3.40. The third-order valence-electron chi connectivity index (χ3n) is 2.97. The molecule has 0 unspecified atom stereocenters. The van der Waals surface area contributed by atoms with Crippen LogP contribution in [-0.4, -0.2) is 12.5 Å². The van der Waals surface area contributed by atoms with Gasteiger partial charge in [0.05, 0.1) is 6.54 Å². The molecular formula is C16H17BrN2O. The van der Waals surface area contributed by atoms with Crippen LogP contribution in [0.25, 0.3) is 0 Å². The third-order valence-corrected chi connectivity index (χ3v) is 3.46. The summed E-state index contributed by atoms with van der Waals surface area (Å²) in [5.41, 5.74) is 4.01. The minimum Gasteiger partial charge on any atom is -0.376 e. The highest BCUT2D eigenvalue weighted by Gasteiger charge is 2.05. The molecule has 0 bridgehead atoms. The maximum Gasteiger partial charge on any atom is 0.243 e. The summed E-state index contributed by atoms with van der Waals surface area (Å²) in [5, 5.41) is 6.00. The molecule has 0 aliphatic rings. The highest BCUT2D eigenvalue weighted by Crippen LogP contribution is 2.19. The Balaban J connectivity index is 1.90. The van der Waals surface area contributed by atoms with Gasteiger partial charge in [-0.2, -0.15) is 0 Å². The number of aryl methyl sites for hydroxylation is 2. The van der Waals surface area contributed by atoms with Crippen LogP contribution in [0.2, 0.25) is 0 Å². The Morgan fingerprint density at radius 2 is 1.80 bits per heavy atom. The van der Waals surface area contributed by atoms with Crippen molar-refractivity contribution in [1.29, 1.82) is 0 Å². The molecule has 0 aliphatic heterocycles. The molecule has 0 atom stereocenters. The highest BCUT2D eigenvalue weighted by atomic mass is 79.9. The first-order valence-electron chi connectivity index (χ1n) is 6.41. The van der Waals surface area contributed by atoms with Gasteiger partial charge >= 0.3 is 0 Å². The fourth-order valence-electron chi connectivity index (χ4n) is 1.82. The quantitative estimate of drug-likeness (QED) is 0.884.